The fourth-order valence-electron chi connectivity index (χ4n) is 3.67. The van der Waals surface area contributed by atoms with Crippen molar-refractivity contribution >= 4 is 27.6 Å². The monoisotopic (exact) mass is 431 g/mol. The van der Waals surface area contributed by atoms with Crippen LogP contribution in [0.5, 0.6) is 5.75 Å². The zero-order valence-corrected chi connectivity index (χ0v) is 16.8. The van der Waals surface area contributed by atoms with Gasteiger partial charge in [-0.2, -0.15) is 13.1 Å². The number of rotatable bonds is 4. The van der Waals surface area contributed by atoms with Crippen molar-refractivity contribution in [3.8, 4) is 5.75 Å². The Morgan fingerprint density at radius 1 is 1.33 bits per heavy atom. The molecular formula is C19H21N5O5S. The maximum atomic E-state index is 12.7. The van der Waals surface area contributed by atoms with Crippen LogP contribution in [-0.2, 0) is 10.2 Å². The predicted octanol–water partition coefficient (Wildman–Crippen LogP) is 0.627. The molecule has 0 spiro atoms. The SMILES string of the molecule is NC1=NS(=O)(=O)Nc2cccc(OC[C@H]3CCCN(C(=O)c4cc[n+]([O-])cc4)C3)c21. The van der Waals surface area contributed by atoms with Crippen molar-refractivity contribution in [2.45, 2.75) is 12.8 Å². The van der Waals surface area contributed by atoms with E-state index in [-0.39, 0.29) is 17.7 Å². The summed E-state index contributed by atoms with van der Waals surface area (Å²) in [7, 11) is -3.85. The maximum absolute atomic E-state index is 12.7. The second kappa shape index (κ2) is 7.82. The summed E-state index contributed by atoms with van der Waals surface area (Å²) in [5.74, 6) is 0.287. The number of benzene rings is 1. The van der Waals surface area contributed by atoms with Gasteiger partial charge in [0.2, 0.25) is 0 Å². The Morgan fingerprint density at radius 3 is 2.87 bits per heavy atom. The lowest BCUT2D eigenvalue weighted by Crippen LogP contribution is -2.42. The average molecular weight is 431 g/mol. The minimum absolute atomic E-state index is 0.102. The molecule has 1 atom stereocenters. The summed E-state index contributed by atoms with van der Waals surface area (Å²) >= 11 is 0. The van der Waals surface area contributed by atoms with Crippen LogP contribution in [0.2, 0.25) is 0 Å². The molecule has 0 aliphatic carbocycles. The molecule has 3 N–H and O–H groups in total. The molecule has 11 heteroatoms. The molecule has 0 radical (unpaired) electrons. The minimum atomic E-state index is -3.85. The third kappa shape index (κ3) is 4.15. The number of pyridine rings is 1. The normalized spacial score (nSPS) is 19.9. The fraction of sp³-hybridized carbons (Fsp3) is 0.316. The number of carbonyl (C=O) groups excluding carboxylic acids is 1. The van der Waals surface area contributed by atoms with Gasteiger partial charge in [0.15, 0.2) is 18.2 Å². The second-order valence-electron chi connectivity index (χ2n) is 7.25. The van der Waals surface area contributed by atoms with Crippen LogP contribution in [0.25, 0.3) is 0 Å². The number of nitrogens with zero attached hydrogens (tertiary/aromatic N) is 3. The summed E-state index contributed by atoms with van der Waals surface area (Å²) in [4.78, 5) is 14.5. The Bertz CT molecular complexity index is 1100. The van der Waals surface area contributed by atoms with Gasteiger partial charge in [-0.15, -0.1) is 4.40 Å². The fourth-order valence-corrected chi connectivity index (χ4v) is 4.51. The highest BCUT2D eigenvalue weighted by atomic mass is 32.2. The van der Waals surface area contributed by atoms with Gasteiger partial charge < -0.3 is 20.6 Å². The number of amides is 1. The van der Waals surface area contributed by atoms with E-state index in [1.807, 2.05) is 0 Å². The Labute approximate surface area is 173 Å². The third-order valence-corrected chi connectivity index (χ3v) is 5.98. The third-order valence-electron chi connectivity index (χ3n) is 5.07. The Morgan fingerprint density at radius 2 is 2.10 bits per heavy atom. The molecule has 2 aliphatic heterocycles. The predicted molar refractivity (Wildman–Crippen MR) is 109 cm³/mol. The highest BCUT2D eigenvalue weighted by Gasteiger charge is 2.27. The van der Waals surface area contributed by atoms with Crippen molar-refractivity contribution in [3.05, 3.63) is 59.1 Å². The standard InChI is InChI=1S/C19H21N5O5S/c20-18-17-15(21-30(27,28)22-18)4-1-5-16(17)29-12-13-3-2-8-23(11-13)19(25)14-6-9-24(26)10-7-14/h1,4-7,9-10,13,21H,2-3,8,11-12H2,(H2,20,22)/t13-/m0/s1. The van der Waals surface area contributed by atoms with E-state index in [1.165, 1.54) is 24.5 Å². The van der Waals surface area contributed by atoms with Crippen molar-refractivity contribution in [3.63, 3.8) is 0 Å². The molecule has 1 saturated heterocycles. The zero-order valence-electron chi connectivity index (χ0n) is 16.0. The highest BCUT2D eigenvalue weighted by molar-refractivity contribution is 7.91. The molecule has 4 rings (SSSR count). The Kier molecular flexibility index (Phi) is 5.20. The molecule has 1 aromatic heterocycles. The smallest absolute Gasteiger partial charge is 0.344 e. The Hall–Kier alpha value is -3.34. The number of fused-ring (bicyclic) bond motifs is 1. The first-order chi connectivity index (χ1) is 14.3. The summed E-state index contributed by atoms with van der Waals surface area (Å²) in [6.45, 7) is 1.51. The molecule has 1 fully saturated rings. The maximum Gasteiger partial charge on any atom is 0.344 e. The van der Waals surface area contributed by atoms with Gasteiger partial charge in [0.1, 0.15) is 5.75 Å². The molecule has 2 aromatic rings. The van der Waals surface area contributed by atoms with Gasteiger partial charge in [0.25, 0.3) is 5.91 Å². The van der Waals surface area contributed by atoms with Gasteiger partial charge in [-0.1, -0.05) is 6.07 Å². The number of hydrogen-bond donors (Lipinski definition) is 2. The number of likely N-dealkylation sites (tertiary alicyclic amines) is 1. The molecule has 10 nitrogen and oxygen atoms in total. The van der Waals surface area contributed by atoms with Gasteiger partial charge in [0.05, 0.1) is 23.4 Å². The highest BCUT2D eigenvalue weighted by Crippen LogP contribution is 2.31. The van der Waals surface area contributed by atoms with E-state index in [9.17, 15) is 18.4 Å². The first-order valence-corrected chi connectivity index (χ1v) is 10.9. The van der Waals surface area contributed by atoms with Gasteiger partial charge in [0, 0.05) is 31.1 Å². The van der Waals surface area contributed by atoms with E-state index in [4.69, 9.17) is 10.5 Å². The molecule has 2 aliphatic rings. The van der Waals surface area contributed by atoms with E-state index in [1.54, 1.807) is 23.1 Å². The molecule has 0 saturated carbocycles. The van der Waals surface area contributed by atoms with Gasteiger partial charge in [-0.25, -0.2) is 0 Å². The zero-order chi connectivity index (χ0) is 21.3. The van der Waals surface area contributed by atoms with Gasteiger partial charge >= 0.3 is 10.2 Å². The molecule has 1 amide bonds. The van der Waals surface area contributed by atoms with Crippen LogP contribution >= 0.6 is 0 Å². The number of hydrogen-bond acceptors (Lipinski definition) is 6. The van der Waals surface area contributed by atoms with Gasteiger partial charge in [-0.3, -0.25) is 9.52 Å². The van der Waals surface area contributed by atoms with Crippen LogP contribution in [0.3, 0.4) is 0 Å². The number of ether oxygens (including phenoxy) is 1. The lowest BCUT2D eigenvalue weighted by molar-refractivity contribution is -0.605. The van der Waals surface area contributed by atoms with E-state index < -0.39 is 10.2 Å². The quantitative estimate of drug-likeness (QED) is 0.537. The first kappa shape index (κ1) is 20.0. The minimum Gasteiger partial charge on any atom is -0.619 e. The second-order valence-corrected chi connectivity index (χ2v) is 8.59. The molecule has 3 heterocycles. The molecule has 30 heavy (non-hydrogen) atoms. The molecular weight excluding hydrogens is 410 g/mol. The molecule has 1 aromatic carbocycles. The summed E-state index contributed by atoms with van der Waals surface area (Å²) in [6, 6.07) is 7.98. The van der Waals surface area contributed by atoms with Gasteiger partial charge in [-0.05, 0) is 25.0 Å². The van der Waals surface area contributed by atoms with E-state index in [0.29, 0.717) is 47.0 Å². The van der Waals surface area contributed by atoms with Crippen molar-refractivity contribution < 1.29 is 22.7 Å². The molecule has 158 valence electrons. The number of aromatic nitrogens is 1. The average Bonchev–Trinajstić information content (AvgIpc) is 2.71. The number of nitrogens with two attached hydrogens (primary N) is 1. The van der Waals surface area contributed by atoms with Crippen LogP contribution in [-0.4, -0.2) is 44.8 Å². The number of anilines is 1. The summed E-state index contributed by atoms with van der Waals surface area (Å²) < 4.78 is 35.8. The number of carbonyl (C=O) groups is 1. The van der Waals surface area contributed by atoms with Crippen molar-refractivity contribution in [2.75, 3.05) is 24.4 Å². The lowest BCUT2D eigenvalue weighted by atomic mass is 9.98. The van der Waals surface area contributed by atoms with Crippen molar-refractivity contribution in [1.82, 2.24) is 4.90 Å². The van der Waals surface area contributed by atoms with E-state index >= 15 is 0 Å². The number of piperidine rings is 1. The molecule has 0 bridgehead atoms. The van der Waals surface area contributed by atoms with Crippen LogP contribution in [0.4, 0.5) is 5.69 Å². The largest absolute Gasteiger partial charge is 0.619 e. The number of amidine groups is 1. The van der Waals surface area contributed by atoms with E-state index in [0.717, 1.165) is 12.8 Å². The first-order valence-electron chi connectivity index (χ1n) is 9.45. The summed E-state index contributed by atoms with van der Waals surface area (Å²) in [5, 5.41) is 11.2. The molecule has 0 unspecified atom stereocenters. The number of nitrogens with one attached hydrogen (secondary N) is 1. The van der Waals surface area contributed by atoms with Crippen LogP contribution in [0.15, 0.2) is 47.1 Å². The van der Waals surface area contributed by atoms with Crippen molar-refractivity contribution in [1.29, 1.82) is 0 Å². The van der Waals surface area contributed by atoms with Crippen LogP contribution in [0, 0.1) is 11.1 Å². The summed E-state index contributed by atoms with van der Waals surface area (Å²) in [6.07, 6.45) is 4.34. The van der Waals surface area contributed by atoms with E-state index in [2.05, 4.69) is 9.12 Å². The summed E-state index contributed by atoms with van der Waals surface area (Å²) in [5.41, 5.74) is 7.04. The topological polar surface area (TPSA) is 141 Å². The van der Waals surface area contributed by atoms with Crippen LogP contribution < -0.4 is 19.9 Å². The Balaban J connectivity index is 1.44. The van der Waals surface area contributed by atoms with Crippen molar-refractivity contribution in [2.24, 2.45) is 16.0 Å². The van der Waals surface area contributed by atoms with Crippen LogP contribution in [0.1, 0.15) is 28.8 Å². The lowest BCUT2D eigenvalue weighted by Gasteiger charge is -2.33.